The van der Waals surface area contributed by atoms with Crippen molar-refractivity contribution in [1.82, 2.24) is 10.6 Å². The van der Waals surface area contributed by atoms with E-state index in [0.29, 0.717) is 6.54 Å². The van der Waals surface area contributed by atoms with Crippen LogP contribution in [0, 0.1) is 11.3 Å². The van der Waals surface area contributed by atoms with E-state index < -0.39 is 16.9 Å². The Bertz CT molecular complexity index is 1320. The Kier molecular flexibility index (Phi) is 5.49. The van der Waals surface area contributed by atoms with E-state index in [1.807, 2.05) is 30.3 Å². The van der Waals surface area contributed by atoms with E-state index in [1.165, 1.54) is 16.7 Å². The van der Waals surface area contributed by atoms with Crippen molar-refractivity contribution in [2.45, 2.75) is 36.6 Å². The first kappa shape index (κ1) is 23.0. The van der Waals surface area contributed by atoms with Gasteiger partial charge in [0, 0.05) is 42.8 Å². The fraction of sp³-hybridized carbons (Fsp3) is 0.355. The van der Waals surface area contributed by atoms with Crippen LogP contribution in [0.5, 0.6) is 5.75 Å². The molecule has 4 aliphatic rings. The van der Waals surface area contributed by atoms with Gasteiger partial charge < -0.3 is 15.4 Å². The number of fused-ring (bicyclic) bond motifs is 1. The van der Waals surface area contributed by atoms with Crippen molar-refractivity contribution in [3.63, 3.8) is 0 Å². The summed E-state index contributed by atoms with van der Waals surface area (Å²) in [6.07, 6.45) is 2.10. The maximum Gasteiger partial charge on any atom is 0.228 e. The summed E-state index contributed by atoms with van der Waals surface area (Å²) in [6.45, 7) is 0.493. The number of para-hydroxylation sites is 1. The molecule has 5 heteroatoms. The lowest BCUT2D eigenvalue weighted by Crippen LogP contribution is -2.64. The van der Waals surface area contributed by atoms with Crippen LogP contribution < -0.4 is 15.4 Å². The molecule has 7 rings (SSSR count). The largest absolute Gasteiger partial charge is 0.496 e. The number of carbonyl (C=O) groups is 2. The second-order valence-electron chi connectivity index (χ2n) is 10.4. The van der Waals surface area contributed by atoms with Crippen molar-refractivity contribution < 1.29 is 14.3 Å². The molecule has 5 atom stereocenters. The molecule has 0 aromatic heterocycles. The summed E-state index contributed by atoms with van der Waals surface area (Å²) >= 11 is 0. The standard InChI is InChI=1S/C31H32N2O3/c1-32-29(35)31-19-33-27(25(34)18-20-10-6-9-15-26(20)36-2)28(31)30(21-11-4-3-5-12-21)17-16-24(31)22-13-7-8-14-23(22)30/h3-15,24,27-28,33H,16-19H2,1-2H3,(H,32,35). The first-order chi connectivity index (χ1) is 17.6. The maximum absolute atomic E-state index is 14.1. The summed E-state index contributed by atoms with van der Waals surface area (Å²) in [5, 5.41) is 6.59. The van der Waals surface area contributed by atoms with Gasteiger partial charge in [0.05, 0.1) is 18.6 Å². The van der Waals surface area contributed by atoms with Crippen molar-refractivity contribution >= 4 is 11.7 Å². The minimum atomic E-state index is -0.696. The first-order valence-corrected chi connectivity index (χ1v) is 12.8. The van der Waals surface area contributed by atoms with Gasteiger partial charge in [-0.2, -0.15) is 0 Å². The van der Waals surface area contributed by atoms with Gasteiger partial charge in [-0.25, -0.2) is 0 Å². The molecule has 2 N–H and O–H groups in total. The van der Waals surface area contributed by atoms with Crippen LogP contribution in [0.15, 0.2) is 78.9 Å². The zero-order valence-corrected chi connectivity index (χ0v) is 20.8. The summed E-state index contributed by atoms with van der Waals surface area (Å²) < 4.78 is 5.54. The molecule has 1 heterocycles. The van der Waals surface area contributed by atoms with Crippen LogP contribution in [0.3, 0.4) is 0 Å². The number of Topliss-reactive ketones (excluding diaryl/α,β-unsaturated/α-hetero) is 1. The van der Waals surface area contributed by atoms with Crippen LogP contribution in [0.25, 0.3) is 0 Å². The summed E-state index contributed by atoms with van der Waals surface area (Å²) in [5.41, 5.74) is 3.47. The molecule has 1 saturated heterocycles. The molecule has 1 saturated carbocycles. The van der Waals surface area contributed by atoms with Crippen LogP contribution in [0.2, 0.25) is 0 Å². The predicted octanol–water partition coefficient (Wildman–Crippen LogP) is 4.00. The molecule has 5 unspecified atom stereocenters. The quantitative estimate of drug-likeness (QED) is 0.560. The third-order valence-electron chi connectivity index (χ3n) is 9.14. The first-order valence-electron chi connectivity index (χ1n) is 12.8. The number of methoxy groups -OCH3 is 1. The van der Waals surface area contributed by atoms with E-state index in [-0.39, 0.29) is 29.9 Å². The normalized spacial score (nSPS) is 29.8. The van der Waals surface area contributed by atoms with Crippen LogP contribution in [0.1, 0.15) is 41.0 Å². The Labute approximate surface area is 212 Å². The Hall–Kier alpha value is -3.44. The molecule has 0 spiro atoms. The third-order valence-corrected chi connectivity index (χ3v) is 9.14. The highest BCUT2D eigenvalue weighted by molar-refractivity contribution is 5.93. The minimum Gasteiger partial charge on any atom is -0.496 e. The number of hydrogen-bond donors (Lipinski definition) is 2. The third kappa shape index (κ3) is 2.99. The molecule has 5 nitrogen and oxygen atoms in total. The number of benzene rings is 3. The van der Waals surface area contributed by atoms with Crippen LogP contribution in [-0.2, 0) is 21.4 Å². The number of carbonyl (C=O) groups excluding carboxylic acids is 2. The monoisotopic (exact) mass is 480 g/mol. The van der Waals surface area contributed by atoms with Gasteiger partial charge in [0.15, 0.2) is 5.78 Å². The van der Waals surface area contributed by atoms with Gasteiger partial charge in [-0.3, -0.25) is 9.59 Å². The van der Waals surface area contributed by atoms with Gasteiger partial charge in [-0.15, -0.1) is 0 Å². The molecule has 2 bridgehead atoms. The molecule has 3 aromatic carbocycles. The highest BCUT2D eigenvalue weighted by Crippen LogP contribution is 2.69. The Morgan fingerprint density at radius 2 is 1.72 bits per heavy atom. The average molecular weight is 481 g/mol. The molecule has 1 aliphatic heterocycles. The van der Waals surface area contributed by atoms with Crippen molar-refractivity contribution in [1.29, 1.82) is 0 Å². The smallest absolute Gasteiger partial charge is 0.228 e. The molecular formula is C31H32N2O3. The molecular weight excluding hydrogens is 448 g/mol. The van der Waals surface area contributed by atoms with Crippen molar-refractivity contribution in [3.05, 3.63) is 101 Å². The number of ether oxygens (including phenoxy) is 1. The van der Waals surface area contributed by atoms with Crippen LogP contribution in [-0.4, -0.2) is 38.4 Å². The second-order valence-corrected chi connectivity index (χ2v) is 10.4. The summed E-state index contributed by atoms with van der Waals surface area (Å²) in [5.74, 6) is 0.737. The molecule has 3 aliphatic carbocycles. The molecule has 36 heavy (non-hydrogen) atoms. The molecule has 1 amide bonds. The average Bonchev–Trinajstić information content (AvgIpc) is 3.37. The number of nitrogens with one attached hydrogen (secondary N) is 2. The van der Waals surface area contributed by atoms with E-state index in [2.05, 4.69) is 59.2 Å². The van der Waals surface area contributed by atoms with Crippen molar-refractivity contribution in [2.75, 3.05) is 20.7 Å². The van der Waals surface area contributed by atoms with E-state index in [4.69, 9.17) is 4.74 Å². The number of hydrogen-bond acceptors (Lipinski definition) is 4. The van der Waals surface area contributed by atoms with Crippen molar-refractivity contribution in [2.24, 2.45) is 11.3 Å². The highest BCUT2D eigenvalue weighted by Gasteiger charge is 2.71. The topological polar surface area (TPSA) is 67.4 Å². The Morgan fingerprint density at radius 3 is 2.50 bits per heavy atom. The summed E-state index contributed by atoms with van der Waals surface area (Å²) in [6, 6.07) is 26.4. The van der Waals surface area contributed by atoms with Gasteiger partial charge in [0.1, 0.15) is 5.75 Å². The van der Waals surface area contributed by atoms with Gasteiger partial charge in [0.2, 0.25) is 5.91 Å². The molecule has 0 radical (unpaired) electrons. The van der Waals surface area contributed by atoms with Gasteiger partial charge in [-0.1, -0.05) is 72.8 Å². The van der Waals surface area contributed by atoms with Crippen LogP contribution >= 0.6 is 0 Å². The lowest BCUT2D eigenvalue weighted by Gasteiger charge is -2.61. The van der Waals surface area contributed by atoms with Crippen LogP contribution in [0.4, 0.5) is 0 Å². The second kappa shape index (κ2) is 8.59. The Balaban J connectivity index is 1.54. The molecule has 184 valence electrons. The SMILES string of the molecule is CNC(=O)C12CNC(C(=O)Cc3ccccc3OC)C1C1(c3ccccc3)CCC2c2ccccc21. The predicted molar refractivity (Wildman–Crippen MR) is 139 cm³/mol. The fourth-order valence-corrected chi connectivity index (χ4v) is 7.87. The molecule has 3 aromatic rings. The molecule has 2 fully saturated rings. The lowest BCUT2D eigenvalue weighted by molar-refractivity contribution is -0.140. The van der Waals surface area contributed by atoms with E-state index >= 15 is 0 Å². The number of ketones is 1. The zero-order valence-electron chi connectivity index (χ0n) is 20.8. The summed E-state index contributed by atoms with van der Waals surface area (Å²) in [7, 11) is 3.36. The van der Waals surface area contributed by atoms with Crippen molar-refractivity contribution in [3.8, 4) is 5.75 Å². The van der Waals surface area contributed by atoms with E-state index in [0.717, 1.165) is 24.2 Å². The van der Waals surface area contributed by atoms with Gasteiger partial charge >= 0.3 is 0 Å². The van der Waals surface area contributed by atoms with Gasteiger partial charge in [-0.05, 0) is 35.6 Å². The van der Waals surface area contributed by atoms with E-state index in [9.17, 15) is 9.59 Å². The van der Waals surface area contributed by atoms with E-state index in [1.54, 1.807) is 14.2 Å². The lowest BCUT2D eigenvalue weighted by atomic mass is 9.40. The number of rotatable bonds is 6. The Morgan fingerprint density at radius 1 is 1.00 bits per heavy atom. The fourth-order valence-electron chi connectivity index (χ4n) is 7.87. The maximum atomic E-state index is 14.1. The summed E-state index contributed by atoms with van der Waals surface area (Å²) in [4.78, 5) is 28.0. The number of amides is 1. The zero-order chi connectivity index (χ0) is 24.9. The highest BCUT2D eigenvalue weighted by atomic mass is 16.5. The van der Waals surface area contributed by atoms with Gasteiger partial charge in [0.25, 0.3) is 0 Å². The minimum absolute atomic E-state index is 0.0344.